The molecule has 0 aromatic heterocycles. The van der Waals surface area contributed by atoms with Gasteiger partial charge in [-0.2, -0.15) is 0 Å². The third-order valence-corrected chi connectivity index (χ3v) is 6.36. The fourth-order valence-corrected chi connectivity index (χ4v) is 4.32. The summed E-state index contributed by atoms with van der Waals surface area (Å²) in [5.41, 5.74) is 3.94. The maximum Gasteiger partial charge on any atom is 0.319 e. The molecule has 33 heavy (non-hydrogen) atoms. The van der Waals surface area contributed by atoms with E-state index in [1.165, 1.54) is 0 Å². The Morgan fingerprint density at radius 2 is 2.00 bits per heavy atom. The predicted octanol–water partition coefficient (Wildman–Crippen LogP) is 3.16. The second kappa shape index (κ2) is 9.62. The third-order valence-electron chi connectivity index (χ3n) is 5.95. The number of hydrogen-bond acceptors (Lipinski definition) is 4. The van der Waals surface area contributed by atoms with Crippen LogP contribution >= 0.6 is 11.6 Å². The highest BCUT2D eigenvalue weighted by atomic mass is 35.5. The van der Waals surface area contributed by atoms with E-state index in [4.69, 9.17) is 11.6 Å². The third kappa shape index (κ3) is 5.17. The number of imide groups is 1. The normalized spacial score (nSPS) is 17.9. The van der Waals surface area contributed by atoms with Crippen molar-refractivity contribution in [2.24, 2.45) is 0 Å². The second-order valence-electron chi connectivity index (χ2n) is 8.34. The van der Waals surface area contributed by atoms with Gasteiger partial charge in [0.05, 0.1) is 0 Å². The standard InChI is InChI=1S/C24H25ClN4O4/c1-14-5-7-17(12-19(14)25)27-24(33)26-10-9-15-6-8-18-16(11-15)13-29(23(18)32)20-3-2-4-21(30)28-22(20)31/h5-8,11-12,20H,2-4,9-10,13H2,1H3,(H2,26,27,33)(H,28,30,31)/t20-/m0/s1. The smallest absolute Gasteiger partial charge is 0.319 e. The van der Waals surface area contributed by atoms with Crippen molar-refractivity contribution in [3.05, 3.63) is 63.7 Å². The summed E-state index contributed by atoms with van der Waals surface area (Å²) in [5, 5.41) is 8.51. The average Bonchev–Trinajstić information content (AvgIpc) is 2.98. The van der Waals surface area contributed by atoms with Crippen molar-refractivity contribution in [3.63, 3.8) is 0 Å². The van der Waals surface area contributed by atoms with Gasteiger partial charge in [0.15, 0.2) is 0 Å². The summed E-state index contributed by atoms with van der Waals surface area (Å²) >= 11 is 6.08. The lowest BCUT2D eigenvalue weighted by Crippen LogP contribution is -2.46. The molecule has 172 valence electrons. The number of benzene rings is 2. The Morgan fingerprint density at radius 1 is 1.18 bits per heavy atom. The van der Waals surface area contributed by atoms with Gasteiger partial charge in [0, 0.05) is 35.8 Å². The van der Waals surface area contributed by atoms with Gasteiger partial charge in [-0.1, -0.05) is 29.8 Å². The number of fused-ring (bicyclic) bond motifs is 1. The first-order chi connectivity index (χ1) is 15.8. The molecule has 9 heteroatoms. The van der Waals surface area contributed by atoms with Crippen LogP contribution < -0.4 is 16.0 Å². The molecule has 2 heterocycles. The van der Waals surface area contributed by atoms with Gasteiger partial charge >= 0.3 is 6.03 Å². The zero-order valence-corrected chi connectivity index (χ0v) is 19.0. The molecule has 1 saturated heterocycles. The quantitative estimate of drug-likeness (QED) is 0.586. The van der Waals surface area contributed by atoms with Crippen LogP contribution in [0, 0.1) is 6.92 Å². The van der Waals surface area contributed by atoms with Crippen molar-refractivity contribution in [2.45, 2.75) is 45.2 Å². The van der Waals surface area contributed by atoms with Gasteiger partial charge in [-0.3, -0.25) is 19.7 Å². The highest BCUT2D eigenvalue weighted by molar-refractivity contribution is 6.31. The number of nitrogens with one attached hydrogen (secondary N) is 3. The zero-order valence-electron chi connectivity index (χ0n) is 18.2. The van der Waals surface area contributed by atoms with Gasteiger partial charge in [0.2, 0.25) is 11.8 Å². The average molecular weight is 469 g/mol. The van der Waals surface area contributed by atoms with Crippen LogP contribution in [0.3, 0.4) is 0 Å². The van der Waals surface area contributed by atoms with Gasteiger partial charge in [-0.05, 0) is 61.1 Å². The van der Waals surface area contributed by atoms with Crippen LogP contribution in [0.5, 0.6) is 0 Å². The van der Waals surface area contributed by atoms with E-state index in [1.54, 1.807) is 23.1 Å². The molecule has 0 spiro atoms. The molecular weight excluding hydrogens is 444 g/mol. The Kier molecular flexibility index (Phi) is 6.65. The number of carbonyl (C=O) groups is 4. The molecule has 8 nitrogen and oxygen atoms in total. The first-order valence-corrected chi connectivity index (χ1v) is 11.3. The molecular formula is C24H25ClN4O4. The topological polar surface area (TPSA) is 108 Å². The van der Waals surface area contributed by atoms with E-state index in [2.05, 4.69) is 16.0 Å². The molecule has 0 aliphatic carbocycles. The highest BCUT2D eigenvalue weighted by Crippen LogP contribution is 2.28. The summed E-state index contributed by atoms with van der Waals surface area (Å²) in [4.78, 5) is 50.5. The van der Waals surface area contributed by atoms with Gasteiger partial charge in [-0.25, -0.2) is 4.79 Å². The van der Waals surface area contributed by atoms with E-state index in [-0.39, 0.29) is 17.8 Å². The molecule has 3 N–H and O–H groups in total. The monoisotopic (exact) mass is 468 g/mol. The van der Waals surface area contributed by atoms with E-state index >= 15 is 0 Å². The van der Waals surface area contributed by atoms with E-state index in [9.17, 15) is 19.2 Å². The van der Waals surface area contributed by atoms with E-state index in [0.717, 1.165) is 16.7 Å². The fraction of sp³-hybridized carbons (Fsp3) is 0.333. The Morgan fingerprint density at radius 3 is 2.79 bits per heavy atom. The van der Waals surface area contributed by atoms with Crippen LogP contribution in [0.1, 0.15) is 46.3 Å². The van der Waals surface area contributed by atoms with Crippen molar-refractivity contribution in [2.75, 3.05) is 11.9 Å². The lowest BCUT2D eigenvalue weighted by atomic mass is 10.0. The van der Waals surface area contributed by atoms with Crippen LogP contribution in [0.4, 0.5) is 10.5 Å². The van der Waals surface area contributed by atoms with Gasteiger partial charge in [-0.15, -0.1) is 0 Å². The number of hydrogen-bond donors (Lipinski definition) is 3. The summed E-state index contributed by atoms with van der Waals surface area (Å²) < 4.78 is 0. The Bertz CT molecular complexity index is 1130. The minimum absolute atomic E-state index is 0.194. The molecule has 2 aliphatic heterocycles. The minimum Gasteiger partial charge on any atom is -0.338 e. The molecule has 2 aliphatic rings. The predicted molar refractivity (Wildman–Crippen MR) is 124 cm³/mol. The van der Waals surface area contributed by atoms with Gasteiger partial charge in [0.1, 0.15) is 6.04 Å². The molecule has 0 saturated carbocycles. The van der Waals surface area contributed by atoms with E-state index in [1.807, 2.05) is 25.1 Å². The van der Waals surface area contributed by atoms with E-state index < -0.39 is 11.9 Å². The van der Waals surface area contributed by atoms with Crippen molar-refractivity contribution in [3.8, 4) is 0 Å². The van der Waals surface area contributed by atoms with Crippen LogP contribution in [0.2, 0.25) is 5.02 Å². The Labute approximate surface area is 196 Å². The maximum absolute atomic E-state index is 12.9. The number of aryl methyl sites for hydroxylation is 1. The highest BCUT2D eigenvalue weighted by Gasteiger charge is 2.37. The molecule has 1 fully saturated rings. The number of halogens is 1. The summed E-state index contributed by atoms with van der Waals surface area (Å²) in [5.74, 6) is -0.903. The van der Waals surface area contributed by atoms with Gasteiger partial charge in [0.25, 0.3) is 5.91 Å². The summed E-state index contributed by atoms with van der Waals surface area (Å²) in [6.45, 7) is 2.63. The van der Waals surface area contributed by atoms with Crippen LogP contribution in [0.25, 0.3) is 0 Å². The molecule has 1 atom stereocenters. The molecule has 4 rings (SSSR count). The molecule has 0 unspecified atom stereocenters. The molecule has 0 bridgehead atoms. The molecule has 5 amide bonds. The SMILES string of the molecule is Cc1ccc(NC(=O)NCCc2ccc3c(c2)CN([C@H]2CCCC(=O)NC2=O)C3=O)cc1Cl. The summed E-state index contributed by atoms with van der Waals surface area (Å²) in [6.07, 6.45) is 1.91. The number of anilines is 1. The maximum atomic E-state index is 12.9. The van der Waals surface area contributed by atoms with E-state index in [0.29, 0.717) is 55.0 Å². The van der Waals surface area contributed by atoms with Crippen molar-refractivity contribution in [1.29, 1.82) is 0 Å². The number of amides is 5. The van der Waals surface area contributed by atoms with Crippen molar-refractivity contribution < 1.29 is 19.2 Å². The molecule has 0 radical (unpaired) electrons. The lowest BCUT2D eigenvalue weighted by Gasteiger charge is -2.24. The lowest BCUT2D eigenvalue weighted by molar-refractivity contribution is -0.132. The van der Waals surface area contributed by atoms with Crippen LogP contribution in [-0.2, 0) is 22.6 Å². The second-order valence-corrected chi connectivity index (χ2v) is 8.75. The Balaban J connectivity index is 1.33. The first kappa shape index (κ1) is 22.8. The first-order valence-electron chi connectivity index (χ1n) is 10.9. The number of urea groups is 1. The minimum atomic E-state index is -0.638. The number of carbonyl (C=O) groups excluding carboxylic acids is 4. The van der Waals surface area contributed by atoms with Crippen LogP contribution in [0.15, 0.2) is 36.4 Å². The fourth-order valence-electron chi connectivity index (χ4n) is 4.14. The largest absolute Gasteiger partial charge is 0.338 e. The Hall–Kier alpha value is -3.39. The summed E-state index contributed by atoms with van der Waals surface area (Å²) in [7, 11) is 0. The van der Waals surface area contributed by atoms with Gasteiger partial charge < -0.3 is 15.5 Å². The molecule has 2 aromatic carbocycles. The summed E-state index contributed by atoms with van der Waals surface area (Å²) in [6, 6.07) is 9.92. The number of rotatable bonds is 5. The van der Waals surface area contributed by atoms with Crippen molar-refractivity contribution in [1.82, 2.24) is 15.5 Å². The number of nitrogens with zero attached hydrogens (tertiary/aromatic N) is 1. The molecule has 2 aromatic rings. The zero-order chi connectivity index (χ0) is 23.5. The van der Waals surface area contributed by atoms with Crippen LogP contribution in [-0.4, -0.2) is 41.2 Å². The van der Waals surface area contributed by atoms with Crippen molar-refractivity contribution >= 4 is 41.0 Å².